The monoisotopic (exact) mass is 313 g/mol. The van der Waals surface area contributed by atoms with Crippen LogP contribution < -0.4 is 10.6 Å². The Hall–Kier alpha value is -2.40. The molecule has 5 nitrogen and oxygen atoms in total. The first kappa shape index (κ1) is 17.0. The summed E-state index contributed by atoms with van der Waals surface area (Å²) in [7, 11) is 0. The molecule has 2 aromatic rings. The van der Waals surface area contributed by atoms with Gasteiger partial charge in [-0.15, -0.1) is 0 Å². The third-order valence-electron chi connectivity index (χ3n) is 3.56. The fraction of sp³-hybridized carbons (Fsp3) is 0.333. The highest BCUT2D eigenvalue weighted by atomic mass is 16.3. The van der Waals surface area contributed by atoms with Gasteiger partial charge in [-0.25, -0.2) is 4.79 Å². The Balaban J connectivity index is 2.08. The van der Waals surface area contributed by atoms with Crippen molar-refractivity contribution in [3.8, 4) is 0 Å². The third-order valence-corrected chi connectivity index (χ3v) is 3.56. The number of pyridine rings is 1. The lowest BCUT2D eigenvalue weighted by molar-refractivity contribution is 0.232. The Morgan fingerprint density at radius 1 is 1.13 bits per heavy atom. The maximum atomic E-state index is 12.3. The van der Waals surface area contributed by atoms with Crippen LogP contribution in [-0.4, -0.2) is 28.8 Å². The van der Waals surface area contributed by atoms with Gasteiger partial charge in [0, 0.05) is 18.8 Å². The van der Waals surface area contributed by atoms with Crippen molar-refractivity contribution in [3.05, 3.63) is 66.0 Å². The number of amides is 2. The van der Waals surface area contributed by atoms with Gasteiger partial charge < -0.3 is 15.7 Å². The van der Waals surface area contributed by atoms with Gasteiger partial charge in [-0.05, 0) is 37.5 Å². The number of aliphatic hydroxyl groups excluding tert-OH is 1. The van der Waals surface area contributed by atoms with Crippen LogP contribution in [-0.2, 0) is 0 Å². The maximum absolute atomic E-state index is 12.3. The summed E-state index contributed by atoms with van der Waals surface area (Å²) in [6.07, 6.45) is 3.13. The average molecular weight is 313 g/mol. The minimum absolute atomic E-state index is 0.00214. The maximum Gasteiger partial charge on any atom is 0.315 e. The summed E-state index contributed by atoms with van der Waals surface area (Å²) >= 11 is 0. The lowest BCUT2D eigenvalue weighted by Crippen LogP contribution is -2.42. The van der Waals surface area contributed by atoms with E-state index in [0.717, 1.165) is 17.7 Å². The van der Waals surface area contributed by atoms with E-state index >= 15 is 0 Å². The average Bonchev–Trinajstić information content (AvgIpc) is 2.59. The number of nitrogens with zero attached hydrogens (tertiary/aromatic N) is 1. The molecular formula is C18H23N3O2. The zero-order chi connectivity index (χ0) is 16.5. The highest BCUT2D eigenvalue weighted by molar-refractivity contribution is 5.75. The predicted octanol–water partition coefficient (Wildman–Crippen LogP) is 2.63. The van der Waals surface area contributed by atoms with E-state index in [9.17, 15) is 4.79 Å². The van der Waals surface area contributed by atoms with E-state index in [-0.39, 0.29) is 24.7 Å². The fourth-order valence-corrected chi connectivity index (χ4v) is 2.39. The number of carbonyl (C=O) groups excluding carboxylic acids is 1. The van der Waals surface area contributed by atoms with Gasteiger partial charge in [0.2, 0.25) is 0 Å². The lowest BCUT2D eigenvalue weighted by atomic mass is 10.0. The molecule has 2 unspecified atom stereocenters. The SMILES string of the molecule is CC(CCCO)NC(=O)NC(c1ccccc1)c1ccccn1. The van der Waals surface area contributed by atoms with Crippen molar-refractivity contribution in [3.63, 3.8) is 0 Å². The fourth-order valence-electron chi connectivity index (χ4n) is 2.39. The molecule has 0 aliphatic rings. The Labute approximate surface area is 136 Å². The highest BCUT2D eigenvalue weighted by Crippen LogP contribution is 2.19. The standard InChI is InChI=1S/C18H23N3O2/c1-14(8-7-13-22)20-18(23)21-17(15-9-3-2-4-10-15)16-11-5-6-12-19-16/h2-6,9-12,14,17,22H,7-8,13H2,1H3,(H2,20,21,23). The van der Waals surface area contributed by atoms with Crippen molar-refractivity contribution < 1.29 is 9.90 Å². The number of carbonyl (C=O) groups is 1. The number of aliphatic hydroxyl groups is 1. The molecule has 0 saturated carbocycles. The molecule has 1 heterocycles. The van der Waals surface area contributed by atoms with Gasteiger partial charge in [-0.1, -0.05) is 36.4 Å². The van der Waals surface area contributed by atoms with Gasteiger partial charge >= 0.3 is 6.03 Å². The quantitative estimate of drug-likeness (QED) is 0.735. The smallest absolute Gasteiger partial charge is 0.315 e. The van der Waals surface area contributed by atoms with Gasteiger partial charge in [0.25, 0.3) is 0 Å². The summed E-state index contributed by atoms with van der Waals surface area (Å²) in [5, 5.41) is 14.7. The van der Waals surface area contributed by atoms with Crippen LogP contribution in [0.1, 0.15) is 37.1 Å². The number of rotatable bonds is 7. The van der Waals surface area contributed by atoms with Gasteiger partial charge in [0.05, 0.1) is 11.7 Å². The second kappa shape index (κ2) is 8.90. The molecule has 0 aliphatic heterocycles. The van der Waals surface area contributed by atoms with E-state index < -0.39 is 0 Å². The predicted molar refractivity (Wildman–Crippen MR) is 90.0 cm³/mol. The minimum Gasteiger partial charge on any atom is -0.396 e. The molecule has 2 amide bonds. The Kier molecular flexibility index (Phi) is 6.56. The first-order chi connectivity index (χ1) is 11.2. The molecular weight excluding hydrogens is 290 g/mol. The normalized spacial score (nSPS) is 13.1. The first-order valence-corrected chi connectivity index (χ1v) is 7.84. The Morgan fingerprint density at radius 3 is 2.52 bits per heavy atom. The third kappa shape index (κ3) is 5.38. The van der Waals surface area contributed by atoms with E-state index in [1.165, 1.54) is 0 Å². The van der Waals surface area contributed by atoms with Crippen LogP contribution in [0.2, 0.25) is 0 Å². The molecule has 5 heteroatoms. The molecule has 0 radical (unpaired) electrons. The van der Waals surface area contributed by atoms with Crippen LogP contribution >= 0.6 is 0 Å². The topological polar surface area (TPSA) is 74.2 Å². The Bertz CT molecular complexity index is 550. The van der Waals surface area contributed by atoms with Crippen LogP contribution in [0.15, 0.2) is 54.7 Å². The summed E-state index contributed by atoms with van der Waals surface area (Å²) in [4.78, 5) is 16.6. The van der Waals surface area contributed by atoms with Crippen LogP contribution in [0.4, 0.5) is 4.79 Å². The summed E-state index contributed by atoms with van der Waals surface area (Å²) in [5.41, 5.74) is 1.77. The van der Waals surface area contributed by atoms with Crippen LogP contribution in [0.25, 0.3) is 0 Å². The number of nitrogens with one attached hydrogen (secondary N) is 2. The van der Waals surface area contributed by atoms with E-state index in [4.69, 9.17) is 5.11 Å². The molecule has 0 aliphatic carbocycles. The van der Waals surface area contributed by atoms with Gasteiger partial charge in [0.15, 0.2) is 0 Å². The van der Waals surface area contributed by atoms with E-state index in [2.05, 4.69) is 15.6 Å². The van der Waals surface area contributed by atoms with E-state index in [1.807, 2.05) is 55.5 Å². The van der Waals surface area contributed by atoms with Crippen molar-refractivity contribution in [2.45, 2.75) is 31.8 Å². The zero-order valence-electron chi connectivity index (χ0n) is 13.3. The van der Waals surface area contributed by atoms with Crippen LogP contribution in [0, 0.1) is 0 Å². The summed E-state index contributed by atoms with van der Waals surface area (Å²) < 4.78 is 0. The van der Waals surface area contributed by atoms with Gasteiger partial charge in [0.1, 0.15) is 0 Å². The number of urea groups is 1. The number of benzene rings is 1. The number of hydrogen-bond acceptors (Lipinski definition) is 3. The second-order valence-corrected chi connectivity index (χ2v) is 5.48. The molecule has 2 atom stereocenters. The van der Waals surface area contributed by atoms with Crippen LogP contribution in [0.3, 0.4) is 0 Å². The minimum atomic E-state index is -0.303. The lowest BCUT2D eigenvalue weighted by Gasteiger charge is -2.21. The molecule has 1 aromatic carbocycles. The first-order valence-electron chi connectivity index (χ1n) is 7.84. The molecule has 0 fully saturated rings. The molecule has 3 N–H and O–H groups in total. The van der Waals surface area contributed by atoms with Crippen molar-refractivity contribution in [2.24, 2.45) is 0 Å². The summed E-state index contributed by atoms with van der Waals surface area (Å²) in [5.74, 6) is 0. The van der Waals surface area contributed by atoms with E-state index in [1.54, 1.807) is 6.20 Å². The highest BCUT2D eigenvalue weighted by Gasteiger charge is 2.18. The molecule has 0 saturated heterocycles. The van der Waals surface area contributed by atoms with E-state index in [0.29, 0.717) is 6.42 Å². The molecule has 1 aromatic heterocycles. The summed E-state index contributed by atoms with van der Waals surface area (Å²) in [6.45, 7) is 2.06. The number of aromatic nitrogens is 1. The van der Waals surface area contributed by atoms with Crippen LogP contribution in [0.5, 0.6) is 0 Å². The van der Waals surface area contributed by atoms with Gasteiger partial charge in [-0.3, -0.25) is 4.98 Å². The number of hydrogen-bond donors (Lipinski definition) is 3. The zero-order valence-corrected chi connectivity index (χ0v) is 13.3. The molecule has 0 spiro atoms. The molecule has 0 bridgehead atoms. The van der Waals surface area contributed by atoms with Crippen molar-refractivity contribution in [1.29, 1.82) is 0 Å². The second-order valence-electron chi connectivity index (χ2n) is 5.48. The molecule has 23 heavy (non-hydrogen) atoms. The van der Waals surface area contributed by atoms with Crippen molar-refractivity contribution in [1.82, 2.24) is 15.6 Å². The summed E-state index contributed by atoms with van der Waals surface area (Å²) in [6, 6.07) is 14.9. The molecule has 2 rings (SSSR count). The Morgan fingerprint density at radius 2 is 1.87 bits per heavy atom. The largest absolute Gasteiger partial charge is 0.396 e. The van der Waals surface area contributed by atoms with Crippen molar-refractivity contribution >= 4 is 6.03 Å². The van der Waals surface area contributed by atoms with Gasteiger partial charge in [-0.2, -0.15) is 0 Å². The molecule has 122 valence electrons. The van der Waals surface area contributed by atoms with Crippen molar-refractivity contribution in [2.75, 3.05) is 6.61 Å².